The maximum atomic E-state index is 11.7. The SMILES string of the molecule is CCOC(=O)c1sc(N2CCOC(C)C2)cc1N. The van der Waals surface area contributed by atoms with Crippen LogP contribution in [0.1, 0.15) is 23.5 Å². The molecule has 1 fully saturated rings. The van der Waals surface area contributed by atoms with Crippen LogP contribution in [0.25, 0.3) is 0 Å². The fourth-order valence-electron chi connectivity index (χ4n) is 1.92. The lowest BCUT2D eigenvalue weighted by Gasteiger charge is -2.31. The van der Waals surface area contributed by atoms with E-state index in [1.807, 2.05) is 13.0 Å². The topological polar surface area (TPSA) is 64.8 Å². The van der Waals surface area contributed by atoms with E-state index in [0.29, 0.717) is 23.8 Å². The number of rotatable bonds is 3. The van der Waals surface area contributed by atoms with Crippen LogP contribution in [0, 0.1) is 0 Å². The lowest BCUT2D eigenvalue weighted by Crippen LogP contribution is -2.40. The van der Waals surface area contributed by atoms with Crippen molar-refractivity contribution in [2.45, 2.75) is 20.0 Å². The van der Waals surface area contributed by atoms with E-state index in [1.165, 1.54) is 11.3 Å². The molecule has 0 bridgehead atoms. The first-order chi connectivity index (χ1) is 8.61. The van der Waals surface area contributed by atoms with Crippen molar-refractivity contribution < 1.29 is 14.3 Å². The van der Waals surface area contributed by atoms with Gasteiger partial charge >= 0.3 is 5.97 Å². The number of hydrogen-bond donors (Lipinski definition) is 1. The molecule has 18 heavy (non-hydrogen) atoms. The van der Waals surface area contributed by atoms with Gasteiger partial charge in [0.2, 0.25) is 0 Å². The third-order valence-electron chi connectivity index (χ3n) is 2.76. The number of morpholine rings is 1. The van der Waals surface area contributed by atoms with Gasteiger partial charge in [0.1, 0.15) is 4.88 Å². The Morgan fingerprint density at radius 2 is 2.50 bits per heavy atom. The summed E-state index contributed by atoms with van der Waals surface area (Å²) in [6.45, 7) is 6.53. The summed E-state index contributed by atoms with van der Waals surface area (Å²) in [7, 11) is 0. The Hall–Kier alpha value is -1.27. The third-order valence-corrected chi connectivity index (χ3v) is 3.95. The molecule has 2 heterocycles. The predicted molar refractivity (Wildman–Crippen MR) is 72.3 cm³/mol. The van der Waals surface area contributed by atoms with Crippen LogP contribution in [-0.2, 0) is 9.47 Å². The molecule has 0 saturated carbocycles. The second kappa shape index (κ2) is 5.58. The molecular formula is C12H18N2O3S. The molecule has 100 valence electrons. The van der Waals surface area contributed by atoms with Gasteiger partial charge in [-0.15, -0.1) is 11.3 Å². The summed E-state index contributed by atoms with van der Waals surface area (Å²) in [6, 6.07) is 1.84. The highest BCUT2D eigenvalue weighted by molar-refractivity contribution is 7.18. The van der Waals surface area contributed by atoms with Crippen LogP contribution >= 0.6 is 11.3 Å². The van der Waals surface area contributed by atoms with E-state index < -0.39 is 0 Å². The van der Waals surface area contributed by atoms with E-state index in [0.717, 1.165) is 18.1 Å². The average Bonchev–Trinajstić information content (AvgIpc) is 2.72. The molecule has 0 aromatic carbocycles. The number of carbonyl (C=O) groups excluding carboxylic acids is 1. The Kier molecular flexibility index (Phi) is 4.08. The fraction of sp³-hybridized carbons (Fsp3) is 0.583. The summed E-state index contributed by atoms with van der Waals surface area (Å²) in [5, 5.41) is 1.01. The average molecular weight is 270 g/mol. The molecule has 1 aromatic rings. The number of ether oxygens (including phenoxy) is 2. The third kappa shape index (κ3) is 2.76. The highest BCUT2D eigenvalue weighted by Gasteiger charge is 2.22. The molecule has 1 unspecified atom stereocenters. The van der Waals surface area contributed by atoms with Crippen LogP contribution < -0.4 is 10.6 Å². The molecule has 1 aliphatic heterocycles. The van der Waals surface area contributed by atoms with Gasteiger partial charge in [0, 0.05) is 13.1 Å². The minimum Gasteiger partial charge on any atom is -0.462 e. The monoisotopic (exact) mass is 270 g/mol. The summed E-state index contributed by atoms with van der Waals surface area (Å²) in [6.07, 6.45) is 0.202. The van der Waals surface area contributed by atoms with Crippen molar-refractivity contribution in [1.29, 1.82) is 0 Å². The standard InChI is InChI=1S/C12H18N2O3S/c1-3-16-12(15)11-9(13)6-10(18-11)14-4-5-17-8(2)7-14/h6,8H,3-5,7,13H2,1-2H3. The van der Waals surface area contributed by atoms with Gasteiger partial charge in [-0.2, -0.15) is 0 Å². The quantitative estimate of drug-likeness (QED) is 0.847. The van der Waals surface area contributed by atoms with E-state index in [9.17, 15) is 4.79 Å². The molecule has 2 N–H and O–H groups in total. The Labute approximate surface area is 110 Å². The molecular weight excluding hydrogens is 252 g/mol. The van der Waals surface area contributed by atoms with Gasteiger partial charge in [0.15, 0.2) is 0 Å². The van der Waals surface area contributed by atoms with E-state index in [4.69, 9.17) is 15.2 Å². The van der Waals surface area contributed by atoms with Gasteiger partial charge in [-0.25, -0.2) is 4.79 Å². The Bertz CT molecular complexity index is 433. The molecule has 0 radical (unpaired) electrons. The van der Waals surface area contributed by atoms with Crippen LogP contribution in [0.4, 0.5) is 10.7 Å². The number of anilines is 2. The maximum Gasteiger partial charge on any atom is 0.350 e. The maximum absolute atomic E-state index is 11.7. The summed E-state index contributed by atoms with van der Waals surface area (Å²) < 4.78 is 10.5. The number of nitrogen functional groups attached to an aromatic ring is 1. The Morgan fingerprint density at radius 3 is 3.17 bits per heavy atom. The van der Waals surface area contributed by atoms with Crippen LogP contribution in [0.15, 0.2) is 6.07 Å². The minimum absolute atomic E-state index is 0.202. The van der Waals surface area contributed by atoms with Gasteiger partial charge in [-0.3, -0.25) is 0 Å². The molecule has 6 heteroatoms. The second-order valence-electron chi connectivity index (χ2n) is 4.22. The van der Waals surface area contributed by atoms with E-state index >= 15 is 0 Å². The number of nitrogens with zero attached hydrogens (tertiary/aromatic N) is 1. The number of carbonyl (C=O) groups is 1. The number of esters is 1. The van der Waals surface area contributed by atoms with Crippen molar-refractivity contribution in [3.05, 3.63) is 10.9 Å². The van der Waals surface area contributed by atoms with E-state index in [-0.39, 0.29) is 12.1 Å². The lowest BCUT2D eigenvalue weighted by molar-refractivity contribution is 0.0531. The first-order valence-corrected chi connectivity index (χ1v) is 6.86. The van der Waals surface area contributed by atoms with E-state index in [2.05, 4.69) is 4.90 Å². The van der Waals surface area contributed by atoms with Crippen molar-refractivity contribution in [2.75, 3.05) is 36.9 Å². The van der Waals surface area contributed by atoms with Crippen LogP contribution in [0.2, 0.25) is 0 Å². The van der Waals surface area contributed by atoms with Crippen LogP contribution in [0.3, 0.4) is 0 Å². The number of nitrogens with two attached hydrogens (primary N) is 1. The zero-order chi connectivity index (χ0) is 13.1. The summed E-state index contributed by atoms with van der Waals surface area (Å²) in [4.78, 5) is 14.4. The van der Waals surface area contributed by atoms with Crippen molar-refractivity contribution in [1.82, 2.24) is 0 Å². The van der Waals surface area contributed by atoms with Crippen molar-refractivity contribution in [3.8, 4) is 0 Å². The number of thiophene rings is 1. The largest absolute Gasteiger partial charge is 0.462 e. The Balaban J connectivity index is 2.15. The molecule has 1 saturated heterocycles. The molecule has 2 rings (SSSR count). The minimum atomic E-state index is -0.340. The van der Waals surface area contributed by atoms with Crippen molar-refractivity contribution in [3.63, 3.8) is 0 Å². The molecule has 0 spiro atoms. The molecule has 0 aliphatic carbocycles. The molecule has 5 nitrogen and oxygen atoms in total. The molecule has 1 aliphatic rings. The first-order valence-electron chi connectivity index (χ1n) is 6.04. The van der Waals surface area contributed by atoms with Gasteiger partial charge in [-0.1, -0.05) is 0 Å². The fourth-order valence-corrected chi connectivity index (χ4v) is 2.93. The van der Waals surface area contributed by atoms with Crippen LogP contribution in [-0.4, -0.2) is 38.4 Å². The normalized spacial score (nSPS) is 19.9. The highest BCUT2D eigenvalue weighted by atomic mass is 32.1. The first kappa shape index (κ1) is 13.2. The van der Waals surface area contributed by atoms with Gasteiger partial charge in [0.05, 0.1) is 30.0 Å². The Morgan fingerprint density at radius 1 is 1.72 bits per heavy atom. The van der Waals surface area contributed by atoms with E-state index in [1.54, 1.807) is 6.92 Å². The summed E-state index contributed by atoms with van der Waals surface area (Å²) in [5.74, 6) is -0.340. The molecule has 1 aromatic heterocycles. The smallest absolute Gasteiger partial charge is 0.350 e. The van der Waals surface area contributed by atoms with Crippen LogP contribution in [0.5, 0.6) is 0 Å². The van der Waals surface area contributed by atoms with Crippen molar-refractivity contribution in [2.24, 2.45) is 0 Å². The molecule has 0 amide bonds. The highest BCUT2D eigenvalue weighted by Crippen LogP contribution is 2.33. The lowest BCUT2D eigenvalue weighted by atomic mass is 10.3. The number of hydrogen-bond acceptors (Lipinski definition) is 6. The zero-order valence-electron chi connectivity index (χ0n) is 10.6. The van der Waals surface area contributed by atoms with Crippen molar-refractivity contribution >= 4 is 28.0 Å². The molecule has 1 atom stereocenters. The predicted octanol–water partition coefficient (Wildman–Crippen LogP) is 1.73. The van der Waals surface area contributed by atoms with Gasteiger partial charge < -0.3 is 20.1 Å². The summed E-state index contributed by atoms with van der Waals surface area (Å²) in [5.41, 5.74) is 6.36. The zero-order valence-corrected chi connectivity index (χ0v) is 11.5. The van der Waals surface area contributed by atoms with Gasteiger partial charge in [-0.05, 0) is 19.9 Å². The summed E-state index contributed by atoms with van der Waals surface area (Å²) >= 11 is 1.39. The van der Waals surface area contributed by atoms with Gasteiger partial charge in [0.25, 0.3) is 0 Å². The second-order valence-corrected chi connectivity index (χ2v) is 5.25.